The molecule has 0 atom stereocenters. The van der Waals surface area contributed by atoms with E-state index in [1.54, 1.807) is 12.3 Å². The summed E-state index contributed by atoms with van der Waals surface area (Å²) in [4.78, 5) is 26.1. The number of aromatic nitrogens is 2. The summed E-state index contributed by atoms with van der Waals surface area (Å²) in [6, 6.07) is 1.64. The van der Waals surface area contributed by atoms with E-state index in [9.17, 15) is 4.79 Å². The highest BCUT2D eigenvalue weighted by molar-refractivity contribution is 5.92. The van der Waals surface area contributed by atoms with Crippen molar-refractivity contribution >= 4 is 11.9 Å². The van der Waals surface area contributed by atoms with Crippen molar-refractivity contribution in [1.29, 1.82) is 0 Å². The first-order valence-corrected chi connectivity index (χ1v) is 6.32. The lowest BCUT2D eigenvalue weighted by molar-refractivity contribution is 0.0662. The third-order valence-electron chi connectivity index (χ3n) is 3.75. The van der Waals surface area contributed by atoms with E-state index in [0.717, 1.165) is 12.8 Å². The van der Waals surface area contributed by atoms with Crippen LogP contribution < -0.4 is 11.1 Å². The Morgan fingerprint density at radius 3 is 2.79 bits per heavy atom. The maximum atomic E-state index is 12.2. The van der Waals surface area contributed by atoms with E-state index in [1.807, 2.05) is 4.90 Å². The molecular formula is C12H16N6O. The minimum Gasteiger partial charge on any atom is -0.370 e. The summed E-state index contributed by atoms with van der Waals surface area (Å²) in [7, 11) is 0. The Labute approximate surface area is 110 Å². The maximum absolute atomic E-state index is 12.2. The summed E-state index contributed by atoms with van der Waals surface area (Å²) < 4.78 is 0. The Morgan fingerprint density at radius 1 is 1.42 bits per heavy atom. The Balaban J connectivity index is 1.63. The average molecular weight is 260 g/mol. The van der Waals surface area contributed by atoms with Gasteiger partial charge in [0.25, 0.3) is 5.91 Å². The molecule has 1 spiro atoms. The first-order chi connectivity index (χ1) is 9.19. The predicted octanol–water partition coefficient (Wildman–Crippen LogP) is -0.631. The van der Waals surface area contributed by atoms with Gasteiger partial charge in [0.2, 0.25) is 0 Å². The highest BCUT2D eigenvalue weighted by atomic mass is 16.2. The fourth-order valence-corrected chi connectivity index (χ4v) is 2.59. The number of guanidine groups is 1. The Morgan fingerprint density at radius 2 is 2.21 bits per heavy atom. The van der Waals surface area contributed by atoms with Crippen LogP contribution in [-0.2, 0) is 0 Å². The van der Waals surface area contributed by atoms with Gasteiger partial charge in [0.1, 0.15) is 12.0 Å². The molecular weight excluding hydrogens is 244 g/mol. The summed E-state index contributed by atoms with van der Waals surface area (Å²) in [6.07, 6.45) is 4.69. The molecule has 1 fully saturated rings. The number of piperidine rings is 1. The number of carbonyl (C=O) groups is 1. The van der Waals surface area contributed by atoms with Crippen LogP contribution in [0.15, 0.2) is 23.6 Å². The molecule has 3 rings (SSSR count). The van der Waals surface area contributed by atoms with Crippen molar-refractivity contribution in [2.75, 3.05) is 19.6 Å². The smallest absolute Gasteiger partial charge is 0.272 e. The second-order valence-corrected chi connectivity index (χ2v) is 4.99. The first-order valence-electron chi connectivity index (χ1n) is 6.32. The molecule has 3 N–H and O–H groups in total. The molecule has 1 saturated heterocycles. The normalized spacial score (nSPS) is 21.1. The topological polar surface area (TPSA) is 96.5 Å². The van der Waals surface area contributed by atoms with E-state index in [2.05, 4.69) is 20.3 Å². The average Bonchev–Trinajstić information content (AvgIpc) is 2.81. The van der Waals surface area contributed by atoms with Gasteiger partial charge in [0.15, 0.2) is 5.96 Å². The third kappa shape index (κ3) is 2.23. The minimum atomic E-state index is -0.0491. The van der Waals surface area contributed by atoms with Gasteiger partial charge in [0, 0.05) is 19.3 Å². The van der Waals surface area contributed by atoms with Crippen LogP contribution in [0.4, 0.5) is 0 Å². The van der Waals surface area contributed by atoms with Crippen molar-refractivity contribution < 1.29 is 4.79 Å². The van der Waals surface area contributed by atoms with Gasteiger partial charge < -0.3 is 16.0 Å². The van der Waals surface area contributed by atoms with Crippen LogP contribution in [0.5, 0.6) is 0 Å². The zero-order valence-corrected chi connectivity index (χ0v) is 10.5. The predicted molar refractivity (Wildman–Crippen MR) is 69.5 cm³/mol. The highest BCUT2D eigenvalue weighted by Gasteiger charge is 2.39. The summed E-state index contributed by atoms with van der Waals surface area (Å²) in [6.45, 7) is 2.09. The van der Waals surface area contributed by atoms with Crippen molar-refractivity contribution in [2.45, 2.75) is 18.4 Å². The van der Waals surface area contributed by atoms with Gasteiger partial charge in [-0.1, -0.05) is 0 Å². The molecule has 2 aliphatic rings. The number of hydrogen-bond donors (Lipinski definition) is 2. The Kier molecular flexibility index (Phi) is 2.81. The molecule has 1 aromatic rings. The van der Waals surface area contributed by atoms with Crippen LogP contribution in [0.25, 0.3) is 0 Å². The highest BCUT2D eigenvalue weighted by Crippen LogP contribution is 2.25. The van der Waals surface area contributed by atoms with Crippen LogP contribution in [0.1, 0.15) is 23.3 Å². The monoisotopic (exact) mass is 260 g/mol. The van der Waals surface area contributed by atoms with Gasteiger partial charge >= 0.3 is 0 Å². The van der Waals surface area contributed by atoms with E-state index in [0.29, 0.717) is 31.3 Å². The lowest BCUT2D eigenvalue weighted by atomic mass is 9.88. The van der Waals surface area contributed by atoms with Gasteiger partial charge in [-0.15, -0.1) is 0 Å². The first kappa shape index (κ1) is 11.9. The van der Waals surface area contributed by atoms with E-state index in [-0.39, 0.29) is 11.4 Å². The fourth-order valence-electron chi connectivity index (χ4n) is 2.59. The molecule has 1 aromatic heterocycles. The zero-order valence-electron chi connectivity index (χ0n) is 10.5. The minimum absolute atomic E-state index is 0.0378. The van der Waals surface area contributed by atoms with E-state index in [4.69, 9.17) is 5.73 Å². The summed E-state index contributed by atoms with van der Waals surface area (Å²) in [5.74, 6) is 0.472. The Bertz CT molecular complexity index is 506. The van der Waals surface area contributed by atoms with Crippen LogP contribution in [0.2, 0.25) is 0 Å². The summed E-state index contributed by atoms with van der Waals surface area (Å²) in [5, 5.41) is 3.23. The molecule has 0 unspecified atom stereocenters. The second kappa shape index (κ2) is 4.49. The van der Waals surface area contributed by atoms with Crippen molar-refractivity contribution in [3.63, 3.8) is 0 Å². The fraction of sp³-hybridized carbons (Fsp3) is 0.500. The second-order valence-electron chi connectivity index (χ2n) is 4.99. The number of rotatable bonds is 1. The van der Waals surface area contributed by atoms with Crippen molar-refractivity contribution in [3.05, 3.63) is 24.3 Å². The van der Waals surface area contributed by atoms with Gasteiger partial charge in [-0.05, 0) is 18.9 Å². The van der Waals surface area contributed by atoms with E-state index in [1.165, 1.54) is 6.33 Å². The van der Waals surface area contributed by atoms with E-state index >= 15 is 0 Å². The van der Waals surface area contributed by atoms with Gasteiger partial charge in [-0.2, -0.15) is 0 Å². The Hall–Kier alpha value is -2.18. The molecule has 0 aromatic carbocycles. The summed E-state index contributed by atoms with van der Waals surface area (Å²) in [5.41, 5.74) is 6.06. The zero-order chi connectivity index (χ0) is 13.3. The largest absolute Gasteiger partial charge is 0.370 e. The molecule has 7 heteroatoms. The number of amides is 1. The van der Waals surface area contributed by atoms with Gasteiger partial charge in [-0.25, -0.2) is 9.97 Å². The number of nitrogens with two attached hydrogens (primary N) is 1. The summed E-state index contributed by atoms with van der Waals surface area (Å²) >= 11 is 0. The lowest BCUT2D eigenvalue weighted by Crippen LogP contribution is -2.55. The molecule has 19 heavy (non-hydrogen) atoms. The van der Waals surface area contributed by atoms with Crippen LogP contribution in [0.3, 0.4) is 0 Å². The molecule has 0 aliphatic carbocycles. The molecule has 2 aliphatic heterocycles. The lowest BCUT2D eigenvalue weighted by Gasteiger charge is -2.38. The number of hydrogen-bond acceptors (Lipinski definition) is 6. The number of aliphatic imine (C=N–C) groups is 1. The molecule has 7 nitrogen and oxygen atoms in total. The maximum Gasteiger partial charge on any atom is 0.272 e. The van der Waals surface area contributed by atoms with Crippen LogP contribution >= 0.6 is 0 Å². The van der Waals surface area contributed by atoms with Gasteiger partial charge in [0.05, 0.1) is 12.1 Å². The standard InChI is InChI=1S/C12H16N6O/c13-11-15-7-12(17-11)2-5-18(6-3-12)10(19)9-1-4-14-8-16-9/h1,4,8H,2-3,5-7H2,(H3,13,15,17). The van der Waals surface area contributed by atoms with Crippen LogP contribution in [-0.4, -0.2) is 51.9 Å². The van der Waals surface area contributed by atoms with Crippen molar-refractivity contribution in [2.24, 2.45) is 10.7 Å². The molecule has 0 bridgehead atoms. The molecule has 100 valence electrons. The number of nitrogens with zero attached hydrogens (tertiary/aromatic N) is 4. The number of carbonyl (C=O) groups excluding carboxylic acids is 1. The third-order valence-corrected chi connectivity index (χ3v) is 3.75. The van der Waals surface area contributed by atoms with Crippen molar-refractivity contribution in [3.8, 4) is 0 Å². The van der Waals surface area contributed by atoms with Crippen molar-refractivity contribution in [1.82, 2.24) is 20.2 Å². The molecule has 3 heterocycles. The molecule has 1 amide bonds. The van der Waals surface area contributed by atoms with Gasteiger partial charge in [-0.3, -0.25) is 9.79 Å². The number of nitrogens with one attached hydrogen (secondary N) is 1. The quantitative estimate of drug-likeness (QED) is 0.700. The van der Waals surface area contributed by atoms with E-state index < -0.39 is 0 Å². The van der Waals surface area contributed by atoms with Crippen LogP contribution in [0, 0.1) is 0 Å². The number of likely N-dealkylation sites (tertiary alicyclic amines) is 1. The molecule has 0 saturated carbocycles. The molecule has 0 radical (unpaired) electrons. The SMILES string of the molecule is NC1=NCC2(CCN(C(=O)c3ccncn3)CC2)N1.